The molecule has 0 saturated heterocycles. The number of rotatable bonds is 2. The van der Waals surface area contributed by atoms with Crippen LogP contribution in [0.4, 0.5) is 18.9 Å². The van der Waals surface area contributed by atoms with E-state index in [2.05, 4.69) is 4.74 Å². The molecule has 0 saturated carbocycles. The number of alkyl halides is 2. The van der Waals surface area contributed by atoms with E-state index >= 15 is 0 Å². The zero-order valence-electron chi connectivity index (χ0n) is 8.85. The maximum atomic E-state index is 12.9. The molecule has 2 N–H and O–H groups in total. The summed E-state index contributed by atoms with van der Waals surface area (Å²) in [5.74, 6) is -1.33. The number of nitrogens with two attached hydrogens (primary N) is 1. The predicted molar refractivity (Wildman–Crippen MR) is 53.5 cm³/mol. The lowest BCUT2D eigenvalue weighted by atomic mass is 10.2. The van der Waals surface area contributed by atoms with Crippen LogP contribution < -0.4 is 10.5 Å². The highest BCUT2D eigenvalue weighted by Crippen LogP contribution is 2.26. The van der Waals surface area contributed by atoms with Crippen molar-refractivity contribution in [3.8, 4) is 5.75 Å². The molecule has 0 aliphatic heterocycles. The van der Waals surface area contributed by atoms with Crippen LogP contribution in [0, 0.1) is 12.7 Å². The molecule has 1 aromatic carbocycles. The van der Waals surface area contributed by atoms with Crippen molar-refractivity contribution in [1.82, 2.24) is 0 Å². The molecule has 1 rings (SSSR count). The van der Waals surface area contributed by atoms with Crippen molar-refractivity contribution in [3.63, 3.8) is 0 Å². The summed E-state index contributed by atoms with van der Waals surface area (Å²) >= 11 is 0. The quantitative estimate of drug-likeness (QED) is 0.777. The van der Waals surface area contributed by atoms with Gasteiger partial charge in [-0.15, -0.1) is 0 Å². The zero-order valence-corrected chi connectivity index (χ0v) is 8.85. The van der Waals surface area contributed by atoms with Crippen LogP contribution in [0.1, 0.15) is 19.4 Å². The fourth-order valence-corrected chi connectivity index (χ4v) is 0.996. The van der Waals surface area contributed by atoms with Gasteiger partial charge in [0.05, 0.1) is 0 Å². The molecule has 5 heteroatoms. The molecule has 0 spiro atoms. The largest absolute Gasteiger partial charge is 0.431 e. The number of halogens is 3. The van der Waals surface area contributed by atoms with Gasteiger partial charge in [-0.1, -0.05) is 13.8 Å². The van der Waals surface area contributed by atoms with Crippen molar-refractivity contribution in [1.29, 1.82) is 0 Å². The molecular weight excluding hydrogens is 207 g/mol. The van der Waals surface area contributed by atoms with Gasteiger partial charge in [-0.3, -0.25) is 0 Å². The Hall–Kier alpha value is -1.39. The van der Waals surface area contributed by atoms with Crippen LogP contribution in [0.5, 0.6) is 5.75 Å². The van der Waals surface area contributed by atoms with Crippen LogP contribution in [-0.2, 0) is 0 Å². The number of hydrogen-bond acceptors (Lipinski definition) is 2. The Morgan fingerprint density at radius 2 is 1.80 bits per heavy atom. The molecular formula is C10H14F3NO. The Labute approximate surface area is 86.8 Å². The normalized spacial score (nSPS) is 9.53. The Morgan fingerprint density at radius 1 is 1.27 bits per heavy atom. The molecule has 0 aliphatic carbocycles. The molecule has 86 valence electrons. The third-order valence-electron chi connectivity index (χ3n) is 1.46. The van der Waals surface area contributed by atoms with E-state index < -0.39 is 18.2 Å². The van der Waals surface area contributed by atoms with Gasteiger partial charge >= 0.3 is 6.61 Å². The molecule has 0 amide bonds. The lowest BCUT2D eigenvalue weighted by molar-refractivity contribution is -0.0526. The van der Waals surface area contributed by atoms with Gasteiger partial charge < -0.3 is 10.5 Å². The highest BCUT2D eigenvalue weighted by molar-refractivity contribution is 5.48. The second-order valence-corrected chi connectivity index (χ2v) is 2.53. The summed E-state index contributed by atoms with van der Waals surface area (Å²) in [7, 11) is 0. The summed E-state index contributed by atoms with van der Waals surface area (Å²) in [6, 6.07) is 2.30. The Kier molecular flexibility index (Phi) is 5.59. The van der Waals surface area contributed by atoms with E-state index in [0.29, 0.717) is 0 Å². The third-order valence-corrected chi connectivity index (χ3v) is 1.46. The van der Waals surface area contributed by atoms with Crippen molar-refractivity contribution in [2.24, 2.45) is 0 Å². The molecule has 0 atom stereocenters. The van der Waals surface area contributed by atoms with Gasteiger partial charge in [-0.2, -0.15) is 8.78 Å². The van der Waals surface area contributed by atoms with Gasteiger partial charge in [0.2, 0.25) is 0 Å². The summed E-state index contributed by atoms with van der Waals surface area (Å²) in [6.07, 6.45) is 0. The van der Waals surface area contributed by atoms with Crippen molar-refractivity contribution in [2.45, 2.75) is 27.4 Å². The van der Waals surface area contributed by atoms with Gasteiger partial charge in [0.1, 0.15) is 0 Å². The van der Waals surface area contributed by atoms with E-state index in [9.17, 15) is 13.2 Å². The zero-order chi connectivity index (χ0) is 12.0. The molecule has 0 radical (unpaired) electrons. The highest BCUT2D eigenvalue weighted by Gasteiger charge is 2.12. The summed E-state index contributed by atoms with van der Waals surface area (Å²) < 4.78 is 40.4. The van der Waals surface area contributed by atoms with E-state index in [1.165, 1.54) is 13.0 Å². The molecule has 0 unspecified atom stereocenters. The SMILES string of the molecule is CC.Cc1cc(N)cc(F)c1OC(F)F. The van der Waals surface area contributed by atoms with Crippen LogP contribution in [0.3, 0.4) is 0 Å². The topological polar surface area (TPSA) is 35.2 Å². The summed E-state index contributed by atoms with van der Waals surface area (Å²) in [6.45, 7) is 2.41. The first-order valence-corrected chi connectivity index (χ1v) is 4.51. The maximum absolute atomic E-state index is 12.9. The Bertz CT molecular complexity index is 293. The first kappa shape index (κ1) is 13.6. The predicted octanol–water partition coefficient (Wildman–Crippen LogP) is 3.34. The second-order valence-electron chi connectivity index (χ2n) is 2.53. The van der Waals surface area contributed by atoms with Crippen molar-refractivity contribution in [3.05, 3.63) is 23.5 Å². The average Bonchev–Trinajstić information content (AvgIpc) is 2.14. The molecule has 2 nitrogen and oxygen atoms in total. The standard InChI is InChI=1S/C8H8F3NO.C2H6/c1-4-2-5(12)3-6(9)7(4)13-8(10)11;1-2/h2-3,8H,12H2,1H3;1-2H3. The molecule has 0 aromatic heterocycles. The van der Waals surface area contributed by atoms with Gasteiger partial charge in [-0.25, -0.2) is 4.39 Å². The van der Waals surface area contributed by atoms with E-state index in [-0.39, 0.29) is 11.3 Å². The van der Waals surface area contributed by atoms with Crippen molar-refractivity contribution < 1.29 is 17.9 Å². The number of aryl methyl sites for hydroxylation is 1. The smallest absolute Gasteiger partial charge is 0.387 e. The molecule has 0 bridgehead atoms. The summed E-state index contributed by atoms with van der Waals surface area (Å²) in [4.78, 5) is 0. The third kappa shape index (κ3) is 4.10. The van der Waals surface area contributed by atoms with Gasteiger partial charge in [0.25, 0.3) is 0 Å². The molecule has 0 fully saturated rings. The summed E-state index contributed by atoms with van der Waals surface area (Å²) in [5.41, 5.74) is 5.70. The number of anilines is 1. The number of benzene rings is 1. The van der Waals surface area contributed by atoms with E-state index in [1.54, 1.807) is 0 Å². The summed E-state index contributed by atoms with van der Waals surface area (Å²) in [5, 5.41) is 0. The molecule has 15 heavy (non-hydrogen) atoms. The first-order valence-electron chi connectivity index (χ1n) is 4.51. The lowest BCUT2D eigenvalue weighted by Gasteiger charge is -2.09. The minimum atomic E-state index is -3.03. The fraction of sp³-hybridized carbons (Fsp3) is 0.400. The van der Waals surface area contributed by atoms with Gasteiger partial charge in [0.15, 0.2) is 11.6 Å². The molecule has 0 heterocycles. The Morgan fingerprint density at radius 3 is 2.20 bits per heavy atom. The number of hydrogen-bond donors (Lipinski definition) is 1. The number of nitrogen functional groups attached to an aromatic ring is 1. The van der Waals surface area contributed by atoms with E-state index in [1.807, 2.05) is 13.8 Å². The highest BCUT2D eigenvalue weighted by atomic mass is 19.3. The second kappa shape index (κ2) is 6.16. The Balaban J connectivity index is 0.000000921. The first-order chi connectivity index (χ1) is 7.00. The minimum absolute atomic E-state index is 0.177. The molecule has 1 aromatic rings. The van der Waals surface area contributed by atoms with Gasteiger partial charge in [-0.05, 0) is 18.6 Å². The van der Waals surface area contributed by atoms with E-state index in [4.69, 9.17) is 5.73 Å². The van der Waals surface area contributed by atoms with Crippen LogP contribution in [0.25, 0.3) is 0 Å². The van der Waals surface area contributed by atoms with Crippen LogP contribution in [0.2, 0.25) is 0 Å². The number of ether oxygens (including phenoxy) is 1. The van der Waals surface area contributed by atoms with Crippen LogP contribution >= 0.6 is 0 Å². The van der Waals surface area contributed by atoms with Crippen LogP contribution in [0.15, 0.2) is 12.1 Å². The van der Waals surface area contributed by atoms with Crippen molar-refractivity contribution >= 4 is 5.69 Å². The fourth-order valence-electron chi connectivity index (χ4n) is 0.996. The van der Waals surface area contributed by atoms with Gasteiger partial charge in [0, 0.05) is 11.8 Å². The monoisotopic (exact) mass is 221 g/mol. The van der Waals surface area contributed by atoms with Crippen molar-refractivity contribution in [2.75, 3.05) is 5.73 Å². The maximum Gasteiger partial charge on any atom is 0.387 e. The molecule has 0 aliphatic rings. The lowest BCUT2D eigenvalue weighted by Crippen LogP contribution is -2.05. The minimum Gasteiger partial charge on any atom is -0.431 e. The average molecular weight is 221 g/mol. The van der Waals surface area contributed by atoms with Crippen LogP contribution in [-0.4, -0.2) is 6.61 Å². The van der Waals surface area contributed by atoms with E-state index in [0.717, 1.165) is 6.07 Å².